The fraction of sp³-hybridized carbons (Fsp3) is 0.500. The molecule has 0 fully saturated rings. The molecule has 2 N–H and O–H groups in total. The Kier molecular flexibility index (Phi) is 7.04. The molecule has 0 atom stereocenters. The molecule has 0 bridgehead atoms. The predicted octanol–water partition coefficient (Wildman–Crippen LogP) is 3.74. The summed E-state index contributed by atoms with van der Waals surface area (Å²) in [5.41, 5.74) is 2.50. The van der Waals surface area contributed by atoms with Crippen molar-refractivity contribution in [1.82, 2.24) is 10.3 Å². The van der Waals surface area contributed by atoms with Gasteiger partial charge in [-0.15, -0.1) is 0 Å². The summed E-state index contributed by atoms with van der Waals surface area (Å²) in [6, 6.07) is 6.11. The molecule has 2 rings (SSSR count). The Morgan fingerprint density at radius 2 is 1.95 bits per heavy atom. The van der Waals surface area contributed by atoms with Gasteiger partial charge in [0.2, 0.25) is 0 Å². The van der Waals surface area contributed by atoms with Crippen LogP contribution in [0.15, 0.2) is 24.4 Å². The lowest BCUT2D eigenvalue weighted by molar-refractivity contribution is 0.415. The Morgan fingerprint density at radius 1 is 1.21 bits per heavy atom. The fourth-order valence-corrected chi connectivity index (χ4v) is 1.75. The maximum atomic E-state index is 5.22. The van der Waals surface area contributed by atoms with E-state index in [1.807, 2.05) is 13.1 Å². The van der Waals surface area contributed by atoms with Crippen LogP contribution in [0, 0.1) is 0 Å². The fourth-order valence-electron chi connectivity index (χ4n) is 1.75. The van der Waals surface area contributed by atoms with Crippen LogP contribution in [0.2, 0.25) is 0 Å². The molecule has 3 nitrogen and oxygen atoms in total. The number of hydrogen-bond acceptors (Lipinski definition) is 2. The molecule has 0 unspecified atom stereocenters. The van der Waals surface area contributed by atoms with Crippen molar-refractivity contribution in [2.24, 2.45) is 0 Å². The second-order valence-electron chi connectivity index (χ2n) is 4.58. The zero-order valence-corrected chi connectivity index (χ0v) is 12.5. The molecule has 0 aliphatic heterocycles. The summed E-state index contributed by atoms with van der Waals surface area (Å²) in [5, 5.41) is 4.41. The molecule has 1 aromatic carbocycles. The maximum Gasteiger partial charge on any atom is 0.119 e. The highest BCUT2D eigenvalue weighted by Gasteiger charge is 2.04. The number of H-pyrrole nitrogens is 1. The van der Waals surface area contributed by atoms with Crippen molar-refractivity contribution in [3.05, 3.63) is 30.0 Å². The van der Waals surface area contributed by atoms with Gasteiger partial charge in [0.15, 0.2) is 0 Å². The first-order valence-corrected chi connectivity index (χ1v) is 7.05. The molecule has 106 valence electrons. The summed E-state index contributed by atoms with van der Waals surface area (Å²) in [6.07, 6.45) is 5.74. The van der Waals surface area contributed by atoms with Crippen LogP contribution in [0.3, 0.4) is 0 Å². The van der Waals surface area contributed by atoms with Gasteiger partial charge < -0.3 is 15.0 Å². The number of hydrogen-bond donors (Lipinski definition) is 2. The Morgan fingerprint density at radius 3 is 2.53 bits per heavy atom. The van der Waals surface area contributed by atoms with Crippen LogP contribution in [0.25, 0.3) is 10.9 Å². The van der Waals surface area contributed by atoms with Gasteiger partial charge >= 0.3 is 0 Å². The van der Waals surface area contributed by atoms with Crippen molar-refractivity contribution in [1.29, 1.82) is 0 Å². The summed E-state index contributed by atoms with van der Waals surface area (Å²) in [7, 11) is 3.66. The molecular formula is C16H26N2O. The average molecular weight is 262 g/mol. The first kappa shape index (κ1) is 15.6. The number of likely N-dealkylation sites (N-methyl/N-ethyl adjacent to an activating group) is 1. The van der Waals surface area contributed by atoms with E-state index < -0.39 is 0 Å². The lowest BCUT2D eigenvalue weighted by atomic mass is 10.1. The van der Waals surface area contributed by atoms with Gasteiger partial charge in [-0.05, 0) is 43.8 Å². The molecule has 0 saturated heterocycles. The molecule has 0 aliphatic rings. The number of nitrogens with one attached hydrogen (secondary N) is 2. The molecule has 0 radical (unpaired) electrons. The monoisotopic (exact) mass is 262 g/mol. The second kappa shape index (κ2) is 8.59. The van der Waals surface area contributed by atoms with Gasteiger partial charge in [-0.1, -0.05) is 26.7 Å². The van der Waals surface area contributed by atoms with E-state index >= 15 is 0 Å². The summed E-state index contributed by atoms with van der Waals surface area (Å²) < 4.78 is 5.22. The van der Waals surface area contributed by atoms with Gasteiger partial charge in [-0.2, -0.15) is 0 Å². The predicted molar refractivity (Wildman–Crippen MR) is 83.1 cm³/mol. The van der Waals surface area contributed by atoms with Crippen molar-refractivity contribution < 1.29 is 4.74 Å². The third-order valence-electron chi connectivity index (χ3n) is 3.12. The Bertz CT molecular complexity index is 475. The zero-order chi connectivity index (χ0) is 14.1. The molecule has 0 saturated carbocycles. The molecule has 0 amide bonds. The van der Waals surface area contributed by atoms with E-state index in [2.05, 4.69) is 42.5 Å². The number of rotatable bonds is 5. The Hall–Kier alpha value is -1.48. The highest BCUT2D eigenvalue weighted by molar-refractivity contribution is 5.84. The molecular weight excluding hydrogens is 236 g/mol. The van der Waals surface area contributed by atoms with Gasteiger partial charge in [0.1, 0.15) is 5.75 Å². The van der Waals surface area contributed by atoms with Crippen LogP contribution in [0.1, 0.15) is 32.3 Å². The highest BCUT2D eigenvalue weighted by Crippen LogP contribution is 2.23. The van der Waals surface area contributed by atoms with Crippen LogP contribution in [0.5, 0.6) is 5.75 Å². The van der Waals surface area contributed by atoms with Crippen LogP contribution >= 0.6 is 0 Å². The zero-order valence-electron chi connectivity index (χ0n) is 12.5. The smallest absolute Gasteiger partial charge is 0.119 e. The summed E-state index contributed by atoms with van der Waals surface area (Å²) >= 11 is 0. The topological polar surface area (TPSA) is 37.0 Å². The van der Waals surface area contributed by atoms with E-state index in [1.165, 1.54) is 29.3 Å². The van der Waals surface area contributed by atoms with E-state index in [-0.39, 0.29) is 0 Å². The molecule has 1 heterocycles. The molecule has 0 aliphatic carbocycles. The van der Waals surface area contributed by atoms with Crippen LogP contribution < -0.4 is 10.1 Å². The Labute approximate surface area is 116 Å². The summed E-state index contributed by atoms with van der Waals surface area (Å²) in [6.45, 7) is 5.35. The molecule has 2 aromatic rings. The van der Waals surface area contributed by atoms with Gasteiger partial charge in [-0.25, -0.2) is 0 Å². The van der Waals surface area contributed by atoms with Crippen molar-refractivity contribution in [3.8, 4) is 5.75 Å². The van der Waals surface area contributed by atoms with Gasteiger partial charge in [-0.3, -0.25) is 0 Å². The lowest BCUT2D eigenvalue weighted by Crippen LogP contribution is -2.09. The molecule has 1 aromatic heterocycles. The van der Waals surface area contributed by atoms with Gasteiger partial charge in [0, 0.05) is 17.1 Å². The van der Waals surface area contributed by atoms with Crippen molar-refractivity contribution in [2.45, 2.75) is 33.1 Å². The molecule has 19 heavy (non-hydrogen) atoms. The van der Waals surface area contributed by atoms with Gasteiger partial charge in [0.05, 0.1) is 7.11 Å². The number of unbranched alkanes of at least 4 members (excludes halogenated alkanes) is 1. The second-order valence-corrected chi connectivity index (χ2v) is 4.58. The third-order valence-corrected chi connectivity index (χ3v) is 3.12. The lowest BCUT2D eigenvalue weighted by Gasteiger charge is -2.01. The summed E-state index contributed by atoms with van der Waals surface area (Å²) in [4.78, 5) is 3.27. The quantitative estimate of drug-likeness (QED) is 0.861. The number of methoxy groups -OCH3 is 1. The number of aromatic nitrogens is 1. The Balaban J connectivity index is 0.000000399. The minimum atomic E-state index is 0.910. The van der Waals surface area contributed by atoms with E-state index in [0.717, 1.165) is 18.7 Å². The number of fused-ring (bicyclic) bond motifs is 1. The van der Waals surface area contributed by atoms with E-state index in [9.17, 15) is 0 Å². The van der Waals surface area contributed by atoms with E-state index in [1.54, 1.807) is 7.11 Å². The minimum absolute atomic E-state index is 0.910. The van der Waals surface area contributed by atoms with Crippen LogP contribution in [-0.4, -0.2) is 25.7 Å². The standard InChI is InChI=1S/C12H16N2O.C4H10/c1-13-6-5-9-8-14-12-4-3-10(15-2)7-11(9)12;1-3-4-2/h3-4,7-8,13-14H,5-6H2,1-2H3;3-4H2,1-2H3. The minimum Gasteiger partial charge on any atom is -0.497 e. The van der Waals surface area contributed by atoms with Gasteiger partial charge in [0.25, 0.3) is 0 Å². The molecule has 0 spiro atoms. The summed E-state index contributed by atoms with van der Waals surface area (Å²) in [5.74, 6) is 0.910. The largest absolute Gasteiger partial charge is 0.497 e. The van der Waals surface area contributed by atoms with Crippen molar-refractivity contribution in [2.75, 3.05) is 20.7 Å². The normalized spacial score (nSPS) is 10.1. The van der Waals surface area contributed by atoms with Crippen LogP contribution in [0.4, 0.5) is 0 Å². The maximum absolute atomic E-state index is 5.22. The van der Waals surface area contributed by atoms with E-state index in [0.29, 0.717) is 0 Å². The SMILES string of the molecule is CCCC.CNCCc1c[nH]c2ccc(OC)cc12. The molecule has 3 heteroatoms. The highest BCUT2D eigenvalue weighted by atomic mass is 16.5. The van der Waals surface area contributed by atoms with E-state index in [4.69, 9.17) is 4.74 Å². The number of benzene rings is 1. The van der Waals surface area contributed by atoms with Crippen molar-refractivity contribution >= 4 is 10.9 Å². The number of aromatic amines is 1. The number of ether oxygens (including phenoxy) is 1. The van der Waals surface area contributed by atoms with Crippen LogP contribution in [-0.2, 0) is 6.42 Å². The van der Waals surface area contributed by atoms with Crippen molar-refractivity contribution in [3.63, 3.8) is 0 Å². The first-order valence-electron chi connectivity index (χ1n) is 7.05. The average Bonchev–Trinajstić information content (AvgIpc) is 2.87. The first-order chi connectivity index (χ1) is 9.26. The third kappa shape index (κ3) is 4.60.